The van der Waals surface area contributed by atoms with Gasteiger partial charge >= 0.3 is 0 Å². The van der Waals surface area contributed by atoms with Gasteiger partial charge < -0.3 is 11.1 Å². The quantitative estimate of drug-likeness (QED) is 0.845. The third-order valence-corrected chi connectivity index (χ3v) is 4.57. The number of benzene rings is 1. The second-order valence-corrected chi connectivity index (χ2v) is 6.57. The predicted octanol–water partition coefficient (Wildman–Crippen LogP) is 2.41. The van der Waals surface area contributed by atoms with Gasteiger partial charge in [0.15, 0.2) is 0 Å². The highest BCUT2D eigenvalue weighted by Crippen LogP contribution is 2.20. The summed E-state index contributed by atoms with van der Waals surface area (Å²) in [7, 11) is 0. The summed E-state index contributed by atoms with van der Waals surface area (Å²) in [4.78, 5) is 14.3. The summed E-state index contributed by atoms with van der Waals surface area (Å²) in [5, 5.41) is 3.82. The van der Waals surface area contributed by atoms with Gasteiger partial charge in [-0.1, -0.05) is 37.1 Å². The summed E-state index contributed by atoms with van der Waals surface area (Å²) in [6.07, 6.45) is 3.56. The lowest BCUT2D eigenvalue weighted by molar-refractivity contribution is -0.124. The summed E-state index contributed by atoms with van der Waals surface area (Å²) < 4.78 is 0. The fraction of sp³-hybridized carbons (Fsp3) is 0.588. The molecule has 5 heteroatoms. The molecule has 0 aliphatic carbocycles. The third-order valence-electron chi connectivity index (χ3n) is 4.34. The molecule has 4 nitrogen and oxygen atoms in total. The van der Waals surface area contributed by atoms with Crippen LogP contribution in [-0.4, -0.2) is 36.5 Å². The maximum Gasteiger partial charge on any atom is 0.224 e. The fourth-order valence-corrected chi connectivity index (χ4v) is 3.08. The molecule has 0 bridgehead atoms. The molecule has 22 heavy (non-hydrogen) atoms. The van der Waals surface area contributed by atoms with Gasteiger partial charge in [-0.05, 0) is 37.1 Å². The number of rotatable bonds is 6. The SMILES string of the molecule is CC(CN)C(=O)NCC1CCCCN1Cc1cccc(Cl)c1. The van der Waals surface area contributed by atoms with Crippen molar-refractivity contribution in [3.8, 4) is 0 Å². The van der Waals surface area contributed by atoms with E-state index in [1.165, 1.54) is 18.4 Å². The molecule has 0 saturated carbocycles. The summed E-state index contributed by atoms with van der Waals surface area (Å²) in [5.74, 6) is -0.0688. The molecule has 1 aromatic carbocycles. The second kappa shape index (κ2) is 8.51. The third kappa shape index (κ3) is 4.97. The highest BCUT2D eigenvalue weighted by molar-refractivity contribution is 6.30. The van der Waals surface area contributed by atoms with Gasteiger partial charge in [0.05, 0.1) is 0 Å². The van der Waals surface area contributed by atoms with E-state index in [1.54, 1.807) is 0 Å². The van der Waals surface area contributed by atoms with E-state index in [4.69, 9.17) is 17.3 Å². The molecule has 1 aromatic rings. The van der Waals surface area contributed by atoms with Crippen LogP contribution in [0.3, 0.4) is 0 Å². The second-order valence-electron chi connectivity index (χ2n) is 6.13. The monoisotopic (exact) mass is 323 g/mol. The smallest absolute Gasteiger partial charge is 0.224 e. The molecular formula is C17H26ClN3O. The van der Waals surface area contributed by atoms with Gasteiger partial charge in [-0.2, -0.15) is 0 Å². The minimum atomic E-state index is -0.120. The number of carbonyl (C=O) groups is 1. The predicted molar refractivity (Wildman–Crippen MR) is 90.7 cm³/mol. The molecule has 1 heterocycles. The van der Waals surface area contributed by atoms with Gasteiger partial charge in [0.25, 0.3) is 0 Å². The first-order chi connectivity index (χ1) is 10.6. The van der Waals surface area contributed by atoms with Crippen LogP contribution < -0.4 is 11.1 Å². The van der Waals surface area contributed by atoms with Crippen molar-refractivity contribution in [2.24, 2.45) is 11.7 Å². The molecule has 2 atom stereocenters. The molecule has 0 aromatic heterocycles. The van der Waals surface area contributed by atoms with Crippen molar-refractivity contribution in [2.75, 3.05) is 19.6 Å². The number of nitrogens with one attached hydrogen (secondary N) is 1. The Kier molecular flexibility index (Phi) is 6.68. The van der Waals surface area contributed by atoms with E-state index in [-0.39, 0.29) is 11.8 Å². The first kappa shape index (κ1) is 17.3. The minimum Gasteiger partial charge on any atom is -0.354 e. The van der Waals surface area contributed by atoms with Crippen LogP contribution in [0.2, 0.25) is 5.02 Å². The molecule has 1 aliphatic heterocycles. The van der Waals surface area contributed by atoms with Crippen molar-refractivity contribution >= 4 is 17.5 Å². The maximum absolute atomic E-state index is 11.9. The first-order valence-electron chi connectivity index (χ1n) is 8.06. The van der Waals surface area contributed by atoms with Crippen molar-refractivity contribution in [3.05, 3.63) is 34.9 Å². The summed E-state index contributed by atoms with van der Waals surface area (Å²) in [6.45, 7) is 4.90. The van der Waals surface area contributed by atoms with Crippen molar-refractivity contribution in [2.45, 2.75) is 38.8 Å². The maximum atomic E-state index is 11.9. The minimum absolute atomic E-state index is 0.0516. The van der Waals surface area contributed by atoms with Gasteiger partial charge in [0.1, 0.15) is 0 Å². The number of amides is 1. The van der Waals surface area contributed by atoms with Gasteiger partial charge in [0.2, 0.25) is 5.91 Å². The largest absolute Gasteiger partial charge is 0.354 e. The van der Waals surface area contributed by atoms with Crippen LogP contribution in [0.25, 0.3) is 0 Å². The molecule has 2 rings (SSSR count). The van der Waals surface area contributed by atoms with Gasteiger partial charge in [-0.15, -0.1) is 0 Å². The van der Waals surface area contributed by atoms with Crippen molar-refractivity contribution < 1.29 is 4.79 Å². The number of nitrogens with zero attached hydrogens (tertiary/aromatic N) is 1. The number of hydrogen-bond donors (Lipinski definition) is 2. The van der Waals surface area contributed by atoms with Crippen molar-refractivity contribution in [1.29, 1.82) is 0 Å². The lowest BCUT2D eigenvalue weighted by Gasteiger charge is -2.36. The Hall–Kier alpha value is -1.10. The number of nitrogens with two attached hydrogens (primary N) is 1. The van der Waals surface area contributed by atoms with E-state index < -0.39 is 0 Å². The average Bonchev–Trinajstić information content (AvgIpc) is 2.53. The topological polar surface area (TPSA) is 58.4 Å². The zero-order chi connectivity index (χ0) is 15.9. The molecule has 122 valence electrons. The van der Waals surface area contributed by atoms with Crippen LogP contribution >= 0.6 is 11.6 Å². The standard InChI is InChI=1S/C17H26ClN3O/c1-13(10-19)17(22)20-11-16-7-2-3-8-21(16)12-14-5-4-6-15(18)9-14/h4-6,9,13,16H,2-3,7-8,10-12,19H2,1H3,(H,20,22). The molecule has 1 aliphatic rings. The lowest BCUT2D eigenvalue weighted by atomic mass is 10.0. The molecule has 2 unspecified atom stereocenters. The highest BCUT2D eigenvalue weighted by Gasteiger charge is 2.23. The van der Waals surface area contributed by atoms with Gasteiger partial charge in [-0.25, -0.2) is 0 Å². The molecule has 0 radical (unpaired) electrons. The Labute approximate surface area is 138 Å². The zero-order valence-electron chi connectivity index (χ0n) is 13.2. The number of likely N-dealkylation sites (tertiary alicyclic amines) is 1. The van der Waals surface area contributed by atoms with Crippen LogP contribution in [0.4, 0.5) is 0 Å². The van der Waals surface area contributed by atoms with E-state index in [2.05, 4.69) is 16.3 Å². The lowest BCUT2D eigenvalue weighted by Crippen LogP contribution is -2.47. The summed E-state index contributed by atoms with van der Waals surface area (Å²) in [5.41, 5.74) is 6.76. The van der Waals surface area contributed by atoms with Crippen molar-refractivity contribution in [1.82, 2.24) is 10.2 Å². The van der Waals surface area contributed by atoms with E-state index in [0.29, 0.717) is 19.1 Å². The number of carbonyl (C=O) groups excluding carboxylic acids is 1. The molecule has 1 saturated heterocycles. The van der Waals surface area contributed by atoms with Crippen LogP contribution in [0, 0.1) is 5.92 Å². The van der Waals surface area contributed by atoms with E-state index >= 15 is 0 Å². The number of halogens is 1. The van der Waals surface area contributed by atoms with Gasteiger partial charge in [-0.3, -0.25) is 9.69 Å². The van der Waals surface area contributed by atoms with E-state index in [9.17, 15) is 4.79 Å². The number of piperidine rings is 1. The van der Waals surface area contributed by atoms with E-state index in [0.717, 1.165) is 24.5 Å². The molecule has 0 spiro atoms. The van der Waals surface area contributed by atoms with Crippen molar-refractivity contribution in [3.63, 3.8) is 0 Å². The molecule has 1 fully saturated rings. The Morgan fingerprint density at radius 2 is 2.32 bits per heavy atom. The molecule has 3 N–H and O–H groups in total. The zero-order valence-corrected chi connectivity index (χ0v) is 14.0. The normalized spacial score (nSPS) is 20.6. The summed E-state index contributed by atoms with van der Waals surface area (Å²) >= 11 is 6.07. The van der Waals surface area contributed by atoms with Crippen LogP contribution in [-0.2, 0) is 11.3 Å². The molecule has 1 amide bonds. The average molecular weight is 324 g/mol. The summed E-state index contributed by atoms with van der Waals surface area (Å²) in [6, 6.07) is 8.39. The van der Waals surface area contributed by atoms with Crippen LogP contribution in [0.1, 0.15) is 31.7 Å². The Morgan fingerprint density at radius 1 is 1.50 bits per heavy atom. The molecular weight excluding hydrogens is 298 g/mol. The highest BCUT2D eigenvalue weighted by atomic mass is 35.5. The Bertz CT molecular complexity index is 495. The number of hydrogen-bond acceptors (Lipinski definition) is 3. The van der Waals surface area contributed by atoms with Crippen LogP contribution in [0.15, 0.2) is 24.3 Å². The van der Waals surface area contributed by atoms with Gasteiger partial charge in [0, 0.05) is 36.6 Å². The van der Waals surface area contributed by atoms with E-state index in [1.807, 2.05) is 25.1 Å². The fourth-order valence-electron chi connectivity index (χ4n) is 2.87. The first-order valence-corrected chi connectivity index (χ1v) is 8.44. The Balaban J connectivity index is 1.92. The Morgan fingerprint density at radius 3 is 3.05 bits per heavy atom. The van der Waals surface area contributed by atoms with Crippen LogP contribution in [0.5, 0.6) is 0 Å².